The fraction of sp³-hybridized carbons (Fsp3) is 0.412. The summed E-state index contributed by atoms with van der Waals surface area (Å²) in [6, 6.07) is 10.6. The molecule has 0 N–H and O–H groups in total. The van der Waals surface area contributed by atoms with Gasteiger partial charge in [0.25, 0.3) is 5.91 Å². The zero-order valence-corrected chi connectivity index (χ0v) is 12.3. The first kappa shape index (κ1) is 13.9. The number of benzene rings is 1. The molecule has 1 aliphatic rings. The van der Waals surface area contributed by atoms with Gasteiger partial charge in [-0.25, -0.2) is 4.98 Å². The van der Waals surface area contributed by atoms with E-state index in [1.54, 1.807) is 6.92 Å². The fourth-order valence-corrected chi connectivity index (χ4v) is 2.91. The number of oxazole rings is 1. The van der Waals surface area contributed by atoms with Gasteiger partial charge in [0.15, 0.2) is 11.6 Å². The minimum atomic E-state index is -0.00925. The minimum Gasteiger partial charge on any atom is -0.448 e. The smallest absolute Gasteiger partial charge is 0.275 e. The van der Waals surface area contributed by atoms with Crippen LogP contribution in [-0.2, 0) is 6.42 Å². The van der Waals surface area contributed by atoms with Crippen LogP contribution in [0.2, 0.25) is 0 Å². The molecule has 1 amide bonds. The summed E-state index contributed by atoms with van der Waals surface area (Å²) >= 11 is 0. The molecule has 1 aliphatic heterocycles. The second-order valence-electron chi connectivity index (χ2n) is 5.68. The molecule has 1 aromatic carbocycles. The van der Waals surface area contributed by atoms with Gasteiger partial charge in [-0.2, -0.15) is 0 Å². The molecule has 1 saturated heterocycles. The molecule has 1 fully saturated rings. The molecule has 0 atom stereocenters. The quantitative estimate of drug-likeness (QED) is 0.870. The van der Waals surface area contributed by atoms with Crippen LogP contribution in [0.25, 0.3) is 0 Å². The number of aromatic nitrogens is 1. The Labute approximate surface area is 124 Å². The van der Waals surface area contributed by atoms with E-state index in [1.807, 2.05) is 11.0 Å². The third-order valence-corrected chi connectivity index (χ3v) is 4.11. The number of piperidine rings is 1. The van der Waals surface area contributed by atoms with Crippen LogP contribution >= 0.6 is 0 Å². The van der Waals surface area contributed by atoms with Crippen LogP contribution in [0.3, 0.4) is 0 Å². The van der Waals surface area contributed by atoms with Crippen molar-refractivity contribution in [3.05, 3.63) is 53.7 Å². The standard InChI is InChI=1S/C17H20N2O2/c1-13-18-16(12-21-13)17(20)19-9-7-15(8-10-19)11-14-5-3-2-4-6-14/h2-6,12,15H,7-11H2,1H3. The van der Waals surface area contributed by atoms with Crippen molar-refractivity contribution in [1.29, 1.82) is 0 Å². The highest BCUT2D eigenvalue weighted by atomic mass is 16.3. The van der Waals surface area contributed by atoms with E-state index >= 15 is 0 Å². The number of carbonyl (C=O) groups excluding carboxylic acids is 1. The Hall–Kier alpha value is -2.10. The molecule has 0 spiro atoms. The van der Waals surface area contributed by atoms with Gasteiger partial charge in [0, 0.05) is 20.0 Å². The molecule has 2 aromatic rings. The minimum absolute atomic E-state index is 0.00925. The number of nitrogens with zero attached hydrogens (tertiary/aromatic N) is 2. The number of hydrogen-bond donors (Lipinski definition) is 0. The molecule has 0 bridgehead atoms. The lowest BCUT2D eigenvalue weighted by atomic mass is 9.90. The van der Waals surface area contributed by atoms with Crippen LogP contribution in [0.1, 0.15) is 34.8 Å². The summed E-state index contributed by atoms with van der Waals surface area (Å²) in [5.41, 5.74) is 1.81. The van der Waals surface area contributed by atoms with Gasteiger partial charge in [-0.1, -0.05) is 30.3 Å². The van der Waals surface area contributed by atoms with Crippen LogP contribution in [0, 0.1) is 12.8 Å². The summed E-state index contributed by atoms with van der Waals surface area (Å²) in [5.74, 6) is 1.19. The molecule has 3 rings (SSSR count). The predicted molar refractivity (Wildman–Crippen MR) is 80.0 cm³/mol. The summed E-state index contributed by atoms with van der Waals surface area (Å²) in [6.07, 6.45) is 4.66. The molecular weight excluding hydrogens is 264 g/mol. The lowest BCUT2D eigenvalue weighted by Gasteiger charge is -2.31. The van der Waals surface area contributed by atoms with Crippen LogP contribution < -0.4 is 0 Å². The summed E-state index contributed by atoms with van der Waals surface area (Å²) in [6.45, 7) is 3.37. The van der Waals surface area contributed by atoms with Crippen molar-refractivity contribution < 1.29 is 9.21 Å². The Morgan fingerprint density at radius 1 is 1.29 bits per heavy atom. The second-order valence-corrected chi connectivity index (χ2v) is 5.68. The molecule has 0 aliphatic carbocycles. The Bertz CT molecular complexity index is 598. The van der Waals surface area contributed by atoms with Gasteiger partial charge in [-0.3, -0.25) is 4.79 Å². The largest absolute Gasteiger partial charge is 0.448 e. The summed E-state index contributed by atoms with van der Waals surface area (Å²) < 4.78 is 5.12. The SMILES string of the molecule is Cc1nc(C(=O)N2CCC(Cc3ccccc3)CC2)co1. The van der Waals surface area contributed by atoms with Crippen molar-refractivity contribution in [3.63, 3.8) is 0 Å². The van der Waals surface area contributed by atoms with Gasteiger partial charge >= 0.3 is 0 Å². The van der Waals surface area contributed by atoms with Crippen molar-refractivity contribution in [2.45, 2.75) is 26.2 Å². The maximum absolute atomic E-state index is 12.3. The first-order valence-corrected chi connectivity index (χ1v) is 7.47. The van der Waals surface area contributed by atoms with E-state index in [9.17, 15) is 4.79 Å². The highest BCUT2D eigenvalue weighted by Crippen LogP contribution is 2.22. The molecule has 0 unspecified atom stereocenters. The lowest BCUT2D eigenvalue weighted by molar-refractivity contribution is 0.0684. The second kappa shape index (κ2) is 6.12. The Kier molecular flexibility index (Phi) is 4.04. The van der Waals surface area contributed by atoms with E-state index in [-0.39, 0.29) is 5.91 Å². The first-order chi connectivity index (χ1) is 10.2. The lowest BCUT2D eigenvalue weighted by Crippen LogP contribution is -2.39. The summed E-state index contributed by atoms with van der Waals surface area (Å²) in [4.78, 5) is 18.3. The number of carbonyl (C=O) groups is 1. The normalized spacial score (nSPS) is 16.1. The zero-order valence-electron chi connectivity index (χ0n) is 12.3. The van der Waals surface area contributed by atoms with Gasteiger partial charge in [0.2, 0.25) is 0 Å². The number of aryl methyl sites for hydroxylation is 1. The highest BCUT2D eigenvalue weighted by Gasteiger charge is 2.25. The Morgan fingerprint density at radius 3 is 2.62 bits per heavy atom. The molecule has 2 heterocycles. The maximum atomic E-state index is 12.3. The average molecular weight is 284 g/mol. The van der Waals surface area contributed by atoms with Crippen molar-refractivity contribution in [2.75, 3.05) is 13.1 Å². The van der Waals surface area contributed by atoms with E-state index in [0.29, 0.717) is 17.5 Å². The van der Waals surface area contributed by atoms with Crippen molar-refractivity contribution in [1.82, 2.24) is 9.88 Å². The Balaban J connectivity index is 1.54. The molecule has 4 heteroatoms. The van der Waals surface area contributed by atoms with Gasteiger partial charge < -0.3 is 9.32 Å². The Morgan fingerprint density at radius 2 is 2.00 bits per heavy atom. The van der Waals surface area contributed by atoms with Crippen molar-refractivity contribution in [3.8, 4) is 0 Å². The molecule has 1 aromatic heterocycles. The van der Waals surface area contributed by atoms with Crippen LogP contribution in [0.5, 0.6) is 0 Å². The van der Waals surface area contributed by atoms with E-state index in [2.05, 4.69) is 29.2 Å². The average Bonchev–Trinajstić information content (AvgIpc) is 2.95. The summed E-state index contributed by atoms with van der Waals surface area (Å²) in [7, 11) is 0. The molecule has 0 saturated carbocycles. The van der Waals surface area contributed by atoms with Gasteiger partial charge in [0.1, 0.15) is 6.26 Å². The van der Waals surface area contributed by atoms with E-state index in [1.165, 1.54) is 11.8 Å². The van der Waals surface area contributed by atoms with Crippen LogP contribution in [0.4, 0.5) is 0 Å². The zero-order chi connectivity index (χ0) is 14.7. The third-order valence-electron chi connectivity index (χ3n) is 4.11. The molecule has 110 valence electrons. The topological polar surface area (TPSA) is 46.3 Å². The molecule has 0 radical (unpaired) electrons. The van der Waals surface area contributed by atoms with Crippen LogP contribution in [0.15, 0.2) is 41.0 Å². The van der Waals surface area contributed by atoms with E-state index < -0.39 is 0 Å². The fourth-order valence-electron chi connectivity index (χ4n) is 2.91. The predicted octanol–water partition coefficient (Wildman–Crippen LogP) is 3.08. The molecule has 21 heavy (non-hydrogen) atoms. The number of hydrogen-bond acceptors (Lipinski definition) is 3. The van der Waals surface area contributed by atoms with Gasteiger partial charge in [-0.15, -0.1) is 0 Å². The summed E-state index contributed by atoms with van der Waals surface area (Å²) in [5, 5.41) is 0. The third kappa shape index (κ3) is 3.32. The molecule has 4 nitrogen and oxygen atoms in total. The number of likely N-dealkylation sites (tertiary alicyclic amines) is 1. The van der Waals surface area contributed by atoms with Crippen molar-refractivity contribution in [2.24, 2.45) is 5.92 Å². The highest BCUT2D eigenvalue weighted by molar-refractivity contribution is 5.92. The van der Waals surface area contributed by atoms with Crippen molar-refractivity contribution >= 4 is 5.91 Å². The monoisotopic (exact) mass is 284 g/mol. The van der Waals surface area contributed by atoms with Crippen LogP contribution in [-0.4, -0.2) is 28.9 Å². The number of amides is 1. The van der Waals surface area contributed by atoms with E-state index in [0.717, 1.165) is 32.4 Å². The maximum Gasteiger partial charge on any atom is 0.275 e. The van der Waals surface area contributed by atoms with Gasteiger partial charge in [-0.05, 0) is 30.7 Å². The van der Waals surface area contributed by atoms with E-state index in [4.69, 9.17) is 4.42 Å². The molecular formula is C17H20N2O2. The number of rotatable bonds is 3. The van der Waals surface area contributed by atoms with Gasteiger partial charge in [0.05, 0.1) is 0 Å². The first-order valence-electron chi connectivity index (χ1n) is 7.47.